The molecule has 1 atom stereocenters. The van der Waals surface area contributed by atoms with Crippen LogP contribution in [0, 0.1) is 23.3 Å². The molecule has 1 unspecified atom stereocenters. The minimum Gasteiger partial charge on any atom is -0.490 e. The summed E-state index contributed by atoms with van der Waals surface area (Å²) in [5.41, 5.74) is 1.86. The van der Waals surface area contributed by atoms with E-state index in [9.17, 15) is 22.7 Å². The normalized spacial score (nSPS) is 17.8. The summed E-state index contributed by atoms with van der Waals surface area (Å²) < 4.78 is 70.6. The van der Waals surface area contributed by atoms with Crippen molar-refractivity contribution in [2.75, 3.05) is 6.61 Å². The fourth-order valence-corrected chi connectivity index (χ4v) is 5.38. The topological polar surface area (TPSA) is 38.7 Å². The summed E-state index contributed by atoms with van der Waals surface area (Å²) in [5.74, 6) is -3.97. The van der Waals surface area contributed by atoms with Crippen LogP contribution in [-0.4, -0.2) is 17.8 Å². The van der Waals surface area contributed by atoms with E-state index in [0.29, 0.717) is 49.7 Å². The molecule has 0 saturated heterocycles. The number of unbranched alkanes of at least 4 members (excludes halogenated alkanes) is 1. The van der Waals surface area contributed by atoms with Crippen LogP contribution < -0.4 is 4.74 Å². The van der Waals surface area contributed by atoms with Crippen molar-refractivity contribution in [1.29, 1.82) is 0 Å². The molecule has 1 fully saturated rings. The van der Waals surface area contributed by atoms with Gasteiger partial charge in [0.15, 0.2) is 23.2 Å². The lowest BCUT2D eigenvalue weighted by molar-refractivity contribution is 0.0116. The van der Waals surface area contributed by atoms with Gasteiger partial charge in [-0.3, -0.25) is 0 Å². The van der Waals surface area contributed by atoms with Crippen LogP contribution in [0.15, 0.2) is 61.2 Å². The number of rotatable bonds is 13. The van der Waals surface area contributed by atoms with Gasteiger partial charge >= 0.3 is 0 Å². The van der Waals surface area contributed by atoms with Crippen LogP contribution in [0.2, 0.25) is 0 Å². The predicted molar refractivity (Wildman–Crippen MR) is 153 cm³/mol. The van der Waals surface area contributed by atoms with Gasteiger partial charge in [0.05, 0.1) is 25.4 Å². The zero-order chi connectivity index (χ0) is 29.4. The van der Waals surface area contributed by atoms with Crippen molar-refractivity contribution in [2.24, 2.45) is 0 Å². The van der Waals surface area contributed by atoms with E-state index in [1.807, 2.05) is 6.92 Å². The van der Waals surface area contributed by atoms with Crippen LogP contribution in [0.1, 0.15) is 87.0 Å². The summed E-state index contributed by atoms with van der Waals surface area (Å²) in [4.78, 5) is 0. The van der Waals surface area contributed by atoms with Gasteiger partial charge in [-0.1, -0.05) is 61.9 Å². The maximum absolute atomic E-state index is 15.0. The summed E-state index contributed by atoms with van der Waals surface area (Å²) in [6.45, 7) is 5.82. The molecule has 1 N–H and O–H groups in total. The highest BCUT2D eigenvalue weighted by Gasteiger charge is 2.27. The van der Waals surface area contributed by atoms with Crippen molar-refractivity contribution in [3.8, 4) is 16.9 Å². The zero-order valence-corrected chi connectivity index (χ0v) is 23.5. The minimum atomic E-state index is -0.967. The van der Waals surface area contributed by atoms with Crippen molar-refractivity contribution in [2.45, 2.75) is 83.0 Å². The first kappa shape index (κ1) is 30.8. The van der Waals surface area contributed by atoms with Crippen LogP contribution in [0.25, 0.3) is 11.1 Å². The SMILES string of the molecule is C=CCCCOc1ccc(C2CCC(OCc3ccc(-c4ccc(C(O)CCC)cc4)c(F)c3F)CC2)c(F)c1F. The molecule has 1 aliphatic rings. The first-order chi connectivity index (χ1) is 19.8. The molecule has 7 heteroatoms. The Hall–Kier alpha value is -3.16. The Morgan fingerprint density at radius 2 is 1.63 bits per heavy atom. The van der Waals surface area contributed by atoms with Crippen molar-refractivity contribution >= 4 is 0 Å². The van der Waals surface area contributed by atoms with Crippen LogP contribution in [0.3, 0.4) is 0 Å². The molecule has 4 rings (SSSR count). The standard InChI is InChI=1S/C34H38F4O3/c1-3-5-6-20-40-30-19-18-28(33(37)34(30)38)23-12-15-26(16-13-23)41-21-25-14-17-27(32(36)31(25)35)22-8-10-24(11-9-22)29(39)7-4-2/h3,8-11,14,17-19,23,26,29,39H,1,4-7,12-13,15-16,20-21H2,2H3. The lowest BCUT2D eigenvalue weighted by Crippen LogP contribution is -2.21. The van der Waals surface area contributed by atoms with Gasteiger partial charge in [-0.05, 0) is 73.6 Å². The Kier molecular flexibility index (Phi) is 11.0. The molecule has 220 valence electrons. The van der Waals surface area contributed by atoms with E-state index < -0.39 is 29.4 Å². The van der Waals surface area contributed by atoms with Gasteiger partial charge in [-0.25, -0.2) is 13.2 Å². The monoisotopic (exact) mass is 570 g/mol. The number of halogens is 4. The predicted octanol–water partition coefficient (Wildman–Crippen LogP) is 9.33. The minimum absolute atomic E-state index is 0.0820. The number of hydrogen-bond donors (Lipinski definition) is 1. The fraction of sp³-hybridized carbons (Fsp3) is 0.412. The molecule has 0 amide bonds. The molecule has 1 aliphatic carbocycles. The van der Waals surface area contributed by atoms with Crippen LogP contribution >= 0.6 is 0 Å². The molecule has 3 aromatic rings. The molecule has 0 heterocycles. The van der Waals surface area contributed by atoms with Crippen molar-refractivity contribution in [1.82, 2.24) is 0 Å². The van der Waals surface area contributed by atoms with E-state index in [0.717, 1.165) is 18.4 Å². The molecule has 0 radical (unpaired) electrons. The Labute approximate surface area is 239 Å². The van der Waals surface area contributed by atoms with E-state index in [2.05, 4.69) is 6.58 Å². The average Bonchev–Trinajstić information content (AvgIpc) is 2.99. The number of benzene rings is 3. The van der Waals surface area contributed by atoms with Gasteiger partial charge in [0.25, 0.3) is 0 Å². The zero-order valence-electron chi connectivity index (χ0n) is 23.5. The summed E-state index contributed by atoms with van der Waals surface area (Å²) in [5, 5.41) is 10.1. The molecular weight excluding hydrogens is 532 g/mol. The molecule has 3 aromatic carbocycles. The lowest BCUT2D eigenvalue weighted by atomic mass is 9.82. The van der Waals surface area contributed by atoms with Gasteiger partial charge in [-0.2, -0.15) is 4.39 Å². The molecule has 3 nitrogen and oxygen atoms in total. The van der Waals surface area contributed by atoms with Gasteiger partial charge < -0.3 is 14.6 Å². The van der Waals surface area contributed by atoms with Crippen molar-refractivity contribution in [3.05, 3.63) is 101 Å². The Balaban J connectivity index is 1.32. The number of aliphatic hydroxyl groups excluding tert-OH is 1. The summed E-state index contributed by atoms with van der Waals surface area (Å²) in [6, 6.07) is 13.0. The van der Waals surface area contributed by atoms with Gasteiger partial charge in [-0.15, -0.1) is 6.58 Å². The number of hydrogen-bond acceptors (Lipinski definition) is 3. The van der Waals surface area contributed by atoms with Crippen molar-refractivity contribution < 1.29 is 32.1 Å². The van der Waals surface area contributed by atoms with Crippen LogP contribution in [-0.2, 0) is 11.3 Å². The molecule has 0 bridgehead atoms. The van der Waals surface area contributed by atoms with Gasteiger partial charge in [0.1, 0.15) is 0 Å². The van der Waals surface area contributed by atoms with Crippen LogP contribution in [0.5, 0.6) is 5.75 Å². The maximum Gasteiger partial charge on any atom is 0.200 e. The van der Waals surface area contributed by atoms with E-state index >= 15 is 0 Å². The van der Waals surface area contributed by atoms with Gasteiger partial charge in [0, 0.05) is 11.1 Å². The summed E-state index contributed by atoms with van der Waals surface area (Å²) in [7, 11) is 0. The Morgan fingerprint density at radius 1 is 0.902 bits per heavy atom. The first-order valence-corrected chi connectivity index (χ1v) is 14.4. The third kappa shape index (κ3) is 7.57. The second-order valence-electron chi connectivity index (χ2n) is 10.7. The molecule has 0 aliphatic heterocycles. The van der Waals surface area contributed by atoms with Crippen LogP contribution in [0.4, 0.5) is 17.6 Å². The second kappa shape index (κ2) is 14.6. The highest BCUT2D eigenvalue weighted by atomic mass is 19.2. The number of allylic oxidation sites excluding steroid dienone is 1. The molecule has 0 aromatic heterocycles. The van der Waals surface area contributed by atoms with E-state index in [-0.39, 0.29) is 42.1 Å². The average molecular weight is 571 g/mol. The number of ether oxygens (including phenoxy) is 2. The summed E-state index contributed by atoms with van der Waals surface area (Å²) in [6.07, 6.45) is 6.26. The van der Waals surface area contributed by atoms with E-state index in [1.54, 1.807) is 36.4 Å². The first-order valence-electron chi connectivity index (χ1n) is 14.4. The Morgan fingerprint density at radius 3 is 2.32 bits per heavy atom. The molecule has 1 saturated carbocycles. The van der Waals surface area contributed by atoms with Gasteiger partial charge in [0.2, 0.25) is 5.82 Å². The second-order valence-corrected chi connectivity index (χ2v) is 10.7. The highest BCUT2D eigenvalue weighted by Crippen LogP contribution is 2.38. The Bertz CT molecular complexity index is 1300. The van der Waals surface area contributed by atoms with Crippen molar-refractivity contribution in [3.63, 3.8) is 0 Å². The highest BCUT2D eigenvalue weighted by molar-refractivity contribution is 5.65. The smallest absolute Gasteiger partial charge is 0.200 e. The fourth-order valence-electron chi connectivity index (χ4n) is 5.38. The third-order valence-corrected chi connectivity index (χ3v) is 7.81. The van der Waals surface area contributed by atoms with E-state index in [4.69, 9.17) is 9.47 Å². The molecular formula is C34H38F4O3. The lowest BCUT2D eigenvalue weighted by Gasteiger charge is -2.29. The van der Waals surface area contributed by atoms with E-state index in [1.165, 1.54) is 18.2 Å². The third-order valence-electron chi connectivity index (χ3n) is 7.81. The maximum atomic E-state index is 15.0. The molecule has 0 spiro atoms. The summed E-state index contributed by atoms with van der Waals surface area (Å²) >= 11 is 0. The quantitative estimate of drug-likeness (QED) is 0.126. The molecule has 41 heavy (non-hydrogen) atoms. The largest absolute Gasteiger partial charge is 0.490 e. The number of aliphatic hydroxyl groups is 1.